The molecule has 3 heteroatoms. The molecule has 11 heavy (non-hydrogen) atoms. The predicted octanol–water partition coefficient (Wildman–Crippen LogP) is 2.19. The largest absolute Gasteiger partial charge is 0.275 e. The number of aryl methyl sites for hydroxylation is 1. The second-order valence-electron chi connectivity index (χ2n) is 3.12. The maximum atomic E-state index is 4.43. The van der Waals surface area contributed by atoms with E-state index in [0.29, 0.717) is 0 Å². The Labute approximate surface area is 74.7 Å². The van der Waals surface area contributed by atoms with Gasteiger partial charge in [-0.3, -0.25) is 4.68 Å². The number of aromatic nitrogens is 2. The van der Waals surface area contributed by atoms with Crippen molar-refractivity contribution in [3.8, 4) is 0 Å². The zero-order valence-electron chi connectivity index (χ0n) is 6.55. The Morgan fingerprint density at radius 2 is 2.45 bits per heavy atom. The molecule has 0 saturated heterocycles. The highest BCUT2D eigenvalue weighted by atomic mass is 79.9. The van der Waals surface area contributed by atoms with Gasteiger partial charge in [0.2, 0.25) is 0 Å². The predicted molar refractivity (Wildman–Crippen MR) is 47.8 cm³/mol. The Hall–Kier alpha value is -0.310. The molecule has 0 aromatic carbocycles. The summed E-state index contributed by atoms with van der Waals surface area (Å²) >= 11 is 3.46. The molecule has 0 spiro atoms. The van der Waals surface area contributed by atoms with Crippen LogP contribution >= 0.6 is 15.9 Å². The summed E-state index contributed by atoms with van der Waals surface area (Å²) < 4.78 is 1.91. The minimum Gasteiger partial charge on any atom is -0.275 e. The second-order valence-corrected chi connectivity index (χ2v) is 3.68. The molecule has 0 N–H and O–H groups in total. The zero-order valence-corrected chi connectivity index (χ0v) is 8.13. The number of hydrogen-bond acceptors (Lipinski definition) is 1. The van der Waals surface area contributed by atoms with Gasteiger partial charge in [0.05, 0.1) is 5.69 Å². The van der Waals surface area contributed by atoms with Crippen molar-refractivity contribution in [2.45, 2.75) is 24.1 Å². The van der Waals surface area contributed by atoms with Crippen molar-refractivity contribution in [3.63, 3.8) is 0 Å². The summed E-state index contributed by atoms with van der Waals surface area (Å²) in [7, 11) is 1.98. The van der Waals surface area contributed by atoms with Crippen LogP contribution in [0.2, 0.25) is 0 Å². The molecule has 0 bridgehead atoms. The SMILES string of the molecule is Cn1cc(CBr)c(C2CC2)n1. The molecular weight excluding hydrogens is 204 g/mol. The lowest BCUT2D eigenvalue weighted by Crippen LogP contribution is -1.89. The van der Waals surface area contributed by atoms with E-state index in [9.17, 15) is 0 Å². The molecule has 60 valence electrons. The lowest BCUT2D eigenvalue weighted by molar-refractivity contribution is 0.744. The first-order valence-electron chi connectivity index (χ1n) is 3.89. The molecule has 2 rings (SSSR count). The van der Waals surface area contributed by atoms with E-state index in [1.165, 1.54) is 24.1 Å². The maximum absolute atomic E-state index is 4.43. The summed E-state index contributed by atoms with van der Waals surface area (Å²) in [4.78, 5) is 0. The van der Waals surface area contributed by atoms with Gasteiger partial charge in [-0.25, -0.2) is 0 Å². The van der Waals surface area contributed by atoms with Gasteiger partial charge in [0.15, 0.2) is 0 Å². The highest BCUT2D eigenvalue weighted by molar-refractivity contribution is 9.08. The van der Waals surface area contributed by atoms with Crippen molar-refractivity contribution in [1.29, 1.82) is 0 Å². The first-order chi connectivity index (χ1) is 5.31. The molecule has 0 atom stereocenters. The van der Waals surface area contributed by atoms with Crippen molar-refractivity contribution in [2.24, 2.45) is 7.05 Å². The van der Waals surface area contributed by atoms with E-state index in [1.807, 2.05) is 11.7 Å². The maximum Gasteiger partial charge on any atom is 0.0695 e. The van der Waals surface area contributed by atoms with Gasteiger partial charge >= 0.3 is 0 Å². The average molecular weight is 215 g/mol. The number of alkyl halides is 1. The summed E-state index contributed by atoms with van der Waals surface area (Å²) in [5.41, 5.74) is 2.67. The Bertz CT molecular complexity index is 263. The van der Waals surface area contributed by atoms with Gasteiger partial charge in [-0.1, -0.05) is 15.9 Å². The van der Waals surface area contributed by atoms with Gasteiger partial charge in [-0.2, -0.15) is 5.10 Å². The summed E-state index contributed by atoms with van der Waals surface area (Å²) in [6.07, 6.45) is 4.76. The van der Waals surface area contributed by atoms with E-state index in [2.05, 4.69) is 27.2 Å². The molecule has 1 aromatic heterocycles. The normalized spacial score (nSPS) is 17.3. The molecule has 0 radical (unpaired) electrons. The molecule has 1 aliphatic rings. The minimum absolute atomic E-state index is 0.767. The van der Waals surface area contributed by atoms with Crippen molar-refractivity contribution >= 4 is 15.9 Å². The molecule has 1 heterocycles. The molecular formula is C8H11BrN2. The van der Waals surface area contributed by atoms with E-state index in [1.54, 1.807) is 0 Å². The van der Waals surface area contributed by atoms with Crippen LogP contribution in [-0.4, -0.2) is 9.78 Å². The van der Waals surface area contributed by atoms with Crippen molar-refractivity contribution in [2.75, 3.05) is 0 Å². The van der Waals surface area contributed by atoms with Gasteiger partial charge in [0, 0.05) is 30.1 Å². The van der Waals surface area contributed by atoms with Gasteiger partial charge in [-0.15, -0.1) is 0 Å². The molecule has 1 aromatic rings. The summed E-state index contributed by atoms with van der Waals surface area (Å²) in [6, 6.07) is 0. The van der Waals surface area contributed by atoms with Gasteiger partial charge in [0.1, 0.15) is 0 Å². The second kappa shape index (κ2) is 2.63. The van der Waals surface area contributed by atoms with Crippen LogP contribution < -0.4 is 0 Å². The van der Waals surface area contributed by atoms with E-state index in [-0.39, 0.29) is 0 Å². The smallest absolute Gasteiger partial charge is 0.0695 e. The Balaban J connectivity index is 2.34. The molecule has 2 nitrogen and oxygen atoms in total. The third-order valence-electron chi connectivity index (χ3n) is 2.05. The zero-order chi connectivity index (χ0) is 7.84. The van der Waals surface area contributed by atoms with Gasteiger partial charge in [0.25, 0.3) is 0 Å². The summed E-state index contributed by atoms with van der Waals surface area (Å²) in [5.74, 6) is 0.767. The Kier molecular flexibility index (Phi) is 1.75. The van der Waals surface area contributed by atoms with Crippen LogP contribution in [0.3, 0.4) is 0 Å². The van der Waals surface area contributed by atoms with Gasteiger partial charge in [-0.05, 0) is 12.8 Å². The Morgan fingerprint density at radius 1 is 1.73 bits per heavy atom. The third-order valence-corrected chi connectivity index (χ3v) is 2.65. The number of hydrogen-bond donors (Lipinski definition) is 0. The van der Waals surface area contributed by atoms with E-state index in [4.69, 9.17) is 0 Å². The summed E-state index contributed by atoms with van der Waals surface area (Å²) in [6.45, 7) is 0. The topological polar surface area (TPSA) is 17.8 Å². The first kappa shape index (κ1) is 7.35. The molecule has 1 saturated carbocycles. The van der Waals surface area contributed by atoms with Crippen molar-refractivity contribution in [3.05, 3.63) is 17.5 Å². The van der Waals surface area contributed by atoms with Crippen LogP contribution in [0.5, 0.6) is 0 Å². The van der Waals surface area contributed by atoms with Crippen LogP contribution in [0.1, 0.15) is 30.0 Å². The van der Waals surface area contributed by atoms with Crippen molar-refractivity contribution < 1.29 is 0 Å². The third kappa shape index (κ3) is 1.34. The monoisotopic (exact) mass is 214 g/mol. The number of rotatable bonds is 2. The molecule has 1 aliphatic carbocycles. The fraction of sp³-hybridized carbons (Fsp3) is 0.625. The van der Waals surface area contributed by atoms with Crippen LogP contribution in [0, 0.1) is 0 Å². The quantitative estimate of drug-likeness (QED) is 0.691. The molecule has 0 amide bonds. The molecule has 1 fully saturated rings. The molecule has 0 aliphatic heterocycles. The first-order valence-corrected chi connectivity index (χ1v) is 5.02. The summed E-state index contributed by atoms with van der Waals surface area (Å²) in [5, 5.41) is 5.37. The van der Waals surface area contributed by atoms with E-state index >= 15 is 0 Å². The molecule has 0 unspecified atom stereocenters. The number of halogens is 1. The highest BCUT2D eigenvalue weighted by Gasteiger charge is 2.28. The standard InChI is InChI=1S/C8H11BrN2/c1-11-5-7(4-9)8(10-11)6-2-3-6/h5-6H,2-4H2,1H3. The lowest BCUT2D eigenvalue weighted by Gasteiger charge is -1.92. The average Bonchev–Trinajstić information content (AvgIpc) is 2.75. The van der Waals surface area contributed by atoms with E-state index in [0.717, 1.165) is 11.2 Å². The fourth-order valence-corrected chi connectivity index (χ4v) is 1.79. The van der Waals surface area contributed by atoms with Crippen LogP contribution in [0.25, 0.3) is 0 Å². The van der Waals surface area contributed by atoms with Gasteiger partial charge < -0.3 is 0 Å². The van der Waals surface area contributed by atoms with Crippen molar-refractivity contribution in [1.82, 2.24) is 9.78 Å². The van der Waals surface area contributed by atoms with E-state index < -0.39 is 0 Å². The van der Waals surface area contributed by atoms with Crippen LogP contribution in [-0.2, 0) is 12.4 Å². The highest BCUT2D eigenvalue weighted by Crippen LogP contribution is 2.40. The van der Waals surface area contributed by atoms with Crippen LogP contribution in [0.4, 0.5) is 0 Å². The fourth-order valence-electron chi connectivity index (χ4n) is 1.36. The minimum atomic E-state index is 0.767. The number of nitrogens with zero attached hydrogens (tertiary/aromatic N) is 2. The van der Waals surface area contributed by atoms with Crippen LogP contribution in [0.15, 0.2) is 6.20 Å². The lowest BCUT2D eigenvalue weighted by atomic mass is 10.2. The Morgan fingerprint density at radius 3 is 3.00 bits per heavy atom.